The summed E-state index contributed by atoms with van der Waals surface area (Å²) in [6.07, 6.45) is 0. The van der Waals surface area contributed by atoms with Crippen molar-refractivity contribution in [3.8, 4) is 0 Å². The number of halogens is 2. The lowest BCUT2D eigenvalue weighted by Gasteiger charge is -2.12. The average molecular weight is 416 g/mol. The van der Waals surface area contributed by atoms with Crippen molar-refractivity contribution in [2.24, 2.45) is 0 Å². The van der Waals surface area contributed by atoms with Gasteiger partial charge >= 0.3 is 0 Å². The Morgan fingerprint density at radius 3 is 1.88 bits per heavy atom. The number of nitrogens with two attached hydrogens (primary N) is 1. The topological polar surface area (TPSA) is 185 Å². The van der Waals surface area contributed by atoms with Gasteiger partial charge in [0.15, 0.2) is 0 Å². The lowest BCUT2D eigenvalue weighted by molar-refractivity contribution is 0.479. The zero-order chi connectivity index (χ0) is 18.3. The van der Waals surface area contributed by atoms with E-state index in [4.69, 9.17) is 33.5 Å². The van der Waals surface area contributed by atoms with Crippen molar-refractivity contribution in [3.05, 3.63) is 22.7 Å². The number of rotatable bonds is 4. The van der Waals surface area contributed by atoms with Crippen molar-refractivity contribution in [3.63, 3.8) is 0 Å². The fraction of sp³-hybridized carbons (Fsp3) is 0. The molecule has 0 spiro atoms. The molecule has 0 bridgehead atoms. The van der Waals surface area contributed by atoms with Crippen molar-refractivity contribution in [1.29, 1.82) is 0 Å². The van der Waals surface area contributed by atoms with Crippen LogP contribution in [-0.2, 0) is 20.2 Å². The molecule has 0 fully saturated rings. The second-order valence-corrected chi connectivity index (χ2v) is 7.61. The molecule has 0 saturated carbocycles. The van der Waals surface area contributed by atoms with Crippen LogP contribution in [0.4, 0.5) is 17.3 Å². The summed E-state index contributed by atoms with van der Waals surface area (Å²) in [7, 11) is -9.59. The highest BCUT2D eigenvalue weighted by Crippen LogP contribution is 2.31. The van der Waals surface area contributed by atoms with Crippen LogP contribution in [-0.4, -0.2) is 40.9 Å². The molecular formula is C9H7Cl2N5O6S2. The summed E-state index contributed by atoms with van der Waals surface area (Å²) in [5.74, 6) is -0.351. The third kappa shape index (κ3) is 4.19. The lowest BCUT2D eigenvalue weighted by atomic mass is 10.3. The first kappa shape index (κ1) is 18.6. The molecule has 24 heavy (non-hydrogen) atoms. The van der Waals surface area contributed by atoms with Gasteiger partial charge in [-0.25, -0.2) is 0 Å². The molecule has 0 saturated heterocycles. The van der Waals surface area contributed by atoms with E-state index in [0.29, 0.717) is 12.1 Å². The molecule has 5 N–H and O–H groups in total. The van der Waals surface area contributed by atoms with E-state index < -0.39 is 41.4 Å². The Labute approximate surface area is 145 Å². The third-order valence-corrected chi connectivity index (χ3v) is 4.64. The van der Waals surface area contributed by atoms with Gasteiger partial charge in [0.25, 0.3) is 20.2 Å². The van der Waals surface area contributed by atoms with Crippen molar-refractivity contribution in [1.82, 2.24) is 15.0 Å². The summed E-state index contributed by atoms with van der Waals surface area (Å²) < 4.78 is 63.8. The summed E-state index contributed by atoms with van der Waals surface area (Å²) >= 11 is 11.1. The number of hydrogen-bond acceptors (Lipinski definition) is 9. The Hall–Kier alpha value is -1.77. The zero-order valence-electron chi connectivity index (χ0n) is 11.2. The first-order valence-electron chi connectivity index (χ1n) is 5.60. The van der Waals surface area contributed by atoms with Gasteiger partial charge < -0.3 is 11.1 Å². The van der Waals surface area contributed by atoms with Crippen LogP contribution in [0, 0.1) is 0 Å². The van der Waals surface area contributed by atoms with Gasteiger partial charge in [0.1, 0.15) is 9.79 Å². The molecule has 0 amide bonds. The van der Waals surface area contributed by atoms with E-state index in [9.17, 15) is 21.4 Å². The number of nitrogen functional groups attached to an aromatic ring is 1. The Kier molecular flexibility index (Phi) is 4.85. The van der Waals surface area contributed by atoms with E-state index in [1.165, 1.54) is 0 Å². The molecule has 130 valence electrons. The first-order chi connectivity index (χ1) is 10.9. The second kappa shape index (κ2) is 6.27. The Morgan fingerprint density at radius 2 is 1.42 bits per heavy atom. The summed E-state index contributed by atoms with van der Waals surface area (Å²) in [6.45, 7) is 0. The first-order valence-corrected chi connectivity index (χ1v) is 9.24. The Balaban J connectivity index is 2.70. The second-order valence-electron chi connectivity index (χ2n) is 4.16. The van der Waals surface area contributed by atoms with E-state index in [2.05, 4.69) is 20.3 Å². The molecule has 1 heterocycles. The van der Waals surface area contributed by atoms with E-state index in [0.717, 1.165) is 0 Å². The van der Waals surface area contributed by atoms with Gasteiger partial charge in [-0.05, 0) is 35.3 Å². The van der Waals surface area contributed by atoms with Gasteiger partial charge in [0, 0.05) is 0 Å². The van der Waals surface area contributed by atoms with Gasteiger partial charge in [-0.1, -0.05) is 0 Å². The summed E-state index contributed by atoms with van der Waals surface area (Å²) in [6, 6.07) is 1.30. The lowest BCUT2D eigenvalue weighted by Crippen LogP contribution is -2.10. The standard InChI is InChI=1S/C9H7Cl2N5O6S2/c10-7-14-8(11)16-9(15-7)13-4-2-5(23(17,18)19)3(12)1-6(4)24(20,21)22/h1-2H,12H2,(H,17,18,19)(H,20,21,22)(H,13,14,15,16). The van der Waals surface area contributed by atoms with Gasteiger partial charge in [0.05, 0.1) is 11.4 Å². The van der Waals surface area contributed by atoms with Gasteiger partial charge in [-0.15, -0.1) is 0 Å². The quantitative estimate of drug-likeness (QED) is 0.411. The monoisotopic (exact) mass is 415 g/mol. The maximum atomic E-state index is 11.4. The highest BCUT2D eigenvalue weighted by atomic mass is 35.5. The molecule has 11 nitrogen and oxygen atoms in total. The number of benzene rings is 1. The summed E-state index contributed by atoms with van der Waals surface area (Å²) in [4.78, 5) is 9.06. The SMILES string of the molecule is Nc1cc(S(=O)(=O)O)c(Nc2nc(Cl)nc(Cl)n2)cc1S(=O)(=O)O. The van der Waals surface area contributed by atoms with E-state index >= 15 is 0 Å². The Bertz CT molecular complexity index is 1010. The largest absolute Gasteiger partial charge is 0.398 e. The molecule has 0 aliphatic carbocycles. The number of nitrogens with zero attached hydrogens (tertiary/aromatic N) is 3. The van der Waals surface area contributed by atoms with E-state index in [-0.39, 0.29) is 16.5 Å². The van der Waals surface area contributed by atoms with Crippen LogP contribution < -0.4 is 11.1 Å². The predicted molar refractivity (Wildman–Crippen MR) is 83.6 cm³/mol. The van der Waals surface area contributed by atoms with Crippen LogP contribution in [0.5, 0.6) is 0 Å². The molecule has 0 unspecified atom stereocenters. The average Bonchev–Trinajstić information content (AvgIpc) is 2.36. The molecule has 0 aliphatic rings. The maximum absolute atomic E-state index is 11.4. The van der Waals surface area contributed by atoms with Crippen molar-refractivity contribution >= 4 is 60.8 Å². The molecule has 1 aromatic carbocycles. The Morgan fingerprint density at radius 1 is 0.917 bits per heavy atom. The minimum absolute atomic E-state index is 0.337. The van der Waals surface area contributed by atoms with Crippen molar-refractivity contribution in [2.45, 2.75) is 9.79 Å². The number of hydrogen-bond donors (Lipinski definition) is 4. The molecule has 2 aromatic rings. The molecule has 2 rings (SSSR count). The highest BCUT2D eigenvalue weighted by Gasteiger charge is 2.23. The van der Waals surface area contributed by atoms with E-state index in [1.807, 2.05) is 0 Å². The van der Waals surface area contributed by atoms with Crippen LogP contribution in [0.2, 0.25) is 10.6 Å². The van der Waals surface area contributed by atoms with Crippen LogP contribution in [0.3, 0.4) is 0 Å². The minimum atomic E-state index is -4.81. The minimum Gasteiger partial charge on any atom is -0.398 e. The number of nitrogens with one attached hydrogen (secondary N) is 1. The van der Waals surface area contributed by atoms with Crippen LogP contribution in [0.25, 0.3) is 0 Å². The molecular weight excluding hydrogens is 409 g/mol. The maximum Gasteiger partial charge on any atom is 0.296 e. The van der Waals surface area contributed by atoms with Gasteiger partial charge in [-0.2, -0.15) is 31.8 Å². The van der Waals surface area contributed by atoms with Crippen molar-refractivity contribution < 1.29 is 25.9 Å². The molecule has 0 aliphatic heterocycles. The normalized spacial score (nSPS) is 12.2. The fourth-order valence-electron chi connectivity index (χ4n) is 1.61. The smallest absolute Gasteiger partial charge is 0.296 e. The predicted octanol–water partition coefficient (Wildman–Crippen LogP) is 0.998. The number of aromatic nitrogens is 3. The zero-order valence-corrected chi connectivity index (χ0v) is 14.3. The molecule has 0 atom stereocenters. The fourth-order valence-corrected chi connectivity index (χ4v) is 3.26. The highest BCUT2D eigenvalue weighted by molar-refractivity contribution is 7.86. The summed E-state index contributed by atoms with van der Waals surface area (Å²) in [5, 5.41) is 1.63. The van der Waals surface area contributed by atoms with Crippen LogP contribution >= 0.6 is 23.2 Å². The molecule has 1 aromatic heterocycles. The van der Waals surface area contributed by atoms with Gasteiger partial charge in [-0.3, -0.25) is 9.11 Å². The van der Waals surface area contributed by atoms with Crippen molar-refractivity contribution in [2.75, 3.05) is 11.1 Å². The summed E-state index contributed by atoms with van der Waals surface area (Å²) in [5.41, 5.74) is 4.28. The molecule has 0 radical (unpaired) electrons. The van der Waals surface area contributed by atoms with E-state index in [1.54, 1.807) is 0 Å². The van der Waals surface area contributed by atoms with Crippen LogP contribution in [0.1, 0.15) is 0 Å². The van der Waals surface area contributed by atoms with Gasteiger partial charge in [0.2, 0.25) is 16.5 Å². The van der Waals surface area contributed by atoms with Crippen LogP contribution in [0.15, 0.2) is 21.9 Å². The molecule has 15 heteroatoms. The number of anilines is 3. The third-order valence-electron chi connectivity index (χ3n) is 2.50.